The van der Waals surface area contributed by atoms with Gasteiger partial charge in [0.1, 0.15) is 22.3 Å². The van der Waals surface area contributed by atoms with Crippen LogP contribution in [-0.4, -0.2) is 21.3 Å². The quantitative estimate of drug-likeness (QED) is 0.459. The van der Waals surface area contributed by atoms with E-state index in [9.17, 15) is 22.0 Å². The second kappa shape index (κ2) is 7.77. The molecule has 0 aromatic heterocycles. The van der Waals surface area contributed by atoms with E-state index in [1.807, 2.05) is 0 Å². The van der Waals surface area contributed by atoms with E-state index in [2.05, 4.69) is 0 Å². The Bertz CT molecular complexity index is 1130. The van der Waals surface area contributed by atoms with E-state index < -0.39 is 32.4 Å². The van der Waals surface area contributed by atoms with Gasteiger partial charge in [0, 0.05) is 17.7 Å². The number of benzene rings is 3. The highest BCUT2D eigenvalue weighted by Crippen LogP contribution is 2.30. The summed E-state index contributed by atoms with van der Waals surface area (Å²) in [5, 5.41) is 0. The van der Waals surface area contributed by atoms with Gasteiger partial charge in [-0.2, -0.15) is 8.42 Å². The van der Waals surface area contributed by atoms with Crippen LogP contribution in [-0.2, 0) is 10.1 Å². The lowest BCUT2D eigenvalue weighted by Gasteiger charge is -2.13. The number of carbonyl (C=O) groups excluding carboxylic acids is 1. The summed E-state index contributed by atoms with van der Waals surface area (Å²) < 4.78 is 62.1. The Morgan fingerprint density at radius 2 is 1.64 bits per heavy atom. The third kappa shape index (κ3) is 4.01. The molecule has 0 atom stereocenters. The Hall–Kier alpha value is -3.26. The molecule has 0 fully saturated rings. The first-order valence-electron chi connectivity index (χ1n) is 7.99. The number of methoxy groups -OCH3 is 1. The molecule has 0 saturated carbocycles. The van der Waals surface area contributed by atoms with Crippen LogP contribution in [0.4, 0.5) is 8.78 Å². The highest BCUT2D eigenvalue weighted by Gasteiger charge is 2.25. The minimum absolute atomic E-state index is 0.0573. The normalized spacial score (nSPS) is 11.1. The average Bonchev–Trinajstić information content (AvgIpc) is 2.67. The highest BCUT2D eigenvalue weighted by molar-refractivity contribution is 7.87. The van der Waals surface area contributed by atoms with Crippen LogP contribution < -0.4 is 8.92 Å². The van der Waals surface area contributed by atoms with E-state index in [1.54, 1.807) is 30.3 Å². The molecule has 144 valence electrons. The van der Waals surface area contributed by atoms with E-state index in [0.29, 0.717) is 11.6 Å². The van der Waals surface area contributed by atoms with Gasteiger partial charge in [-0.05, 0) is 24.3 Å². The van der Waals surface area contributed by atoms with Gasteiger partial charge in [-0.25, -0.2) is 8.78 Å². The number of hydrogen-bond acceptors (Lipinski definition) is 5. The third-order valence-corrected chi connectivity index (χ3v) is 5.10. The molecule has 0 bridgehead atoms. The first kappa shape index (κ1) is 19.5. The van der Waals surface area contributed by atoms with Gasteiger partial charge in [0.25, 0.3) is 0 Å². The lowest BCUT2D eigenvalue weighted by molar-refractivity contribution is 0.103. The molecular formula is C20H14F2O5S. The van der Waals surface area contributed by atoms with Crippen LogP contribution in [0.25, 0.3) is 0 Å². The number of halogens is 2. The maximum absolute atomic E-state index is 13.9. The van der Waals surface area contributed by atoms with Gasteiger partial charge in [0.05, 0.1) is 12.7 Å². The molecule has 0 aliphatic rings. The summed E-state index contributed by atoms with van der Waals surface area (Å²) in [5.41, 5.74) is 0.251. The smallest absolute Gasteiger partial charge is 0.342 e. The molecule has 0 amide bonds. The molecule has 5 nitrogen and oxygen atoms in total. The minimum atomic E-state index is -4.67. The maximum atomic E-state index is 13.9. The van der Waals surface area contributed by atoms with Crippen LogP contribution in [0.1, 0.15) is 15.9 Å². The SMILES string of the molecule is COc1ccc(C(=O)c2ccccc2)c(OS(=O)(=O)c2ccc(F)cc2F)c1. The van der Waals surface area contributed by atoms with Crippen molar-refractivity contribution >= 4 is 15.9 Å². The minimum Gasteiger partial charge on any atom is -0.497 e. The second-order valence-electron chi connectivity index (χ2n) is 5.67. The second-order valence-corrected chi connectivity index (χ2v) is 7.18. The van der Waals surface area contributed by atoms with Crippen molar-refractivity contribution in [2.45, 2.75) is 4.90 Å². The molecule has 3 rings (SSSR count). The Balaban J connectivity index is 2.06. The van der Waals surface area contributed by atoms with Crippen LogP contribution in [0.3, 0.4) is 0 Å². The zero-order valence-corrected chi connectivity index (χ0v) is 15.4. The maximum Gasteiger partial charge on any atom is 0.342 e. The van der Waals surface area contributed by atoms with Crippen molar-refractivity contribution in [1.82, 2.24) is 0 Å². The van der Waals surface area contributed by atoms with E-state index in [0.717, 1.165) is 12.1 Å². The molecular weight excluding hydrogens is 390 g/mol. The lowest BCUT2D eigenvalue weighted by atomic mass is 10.0. The van der Waals surface area contributed by atoms with Gasteiger partial charge >= 0.3 is 10.1 Å². The molecule has 0 N–H and O–H groups in total. The number of ketones is 1. The predicted molar refractivity (Wildman–Crippen MR) is 97.0 cm³/mol. The zero-order valence-electron chi connectivity index (χ0n) is 14.6. The number of hydrogen-bond donors (Lipinski definition) is 0. The van der Waals surface area contributed by atoms with Crippen molar-refractivity contribution in [3.8, 4) is 11.5 Å². The van der Waals surface area contributed by atoms with Crippen molar-refractivity contribution in [2.75, 3.05) is 7.11 Å². The molecule has 0 aliphatic carbocycles. The Morgan fingerprint density at radius 3 is 2.29 bits per heavy atom. The highest BCUT2D eigenvalue weighted by atomic mass is 32.2. The molecule has 0 radical (unpaired) electrons. The van der Waals surface area contributed by atoms with Gasteiger partial charge in [-0.1, -0.05) is 30.3 Å². The molecule has 3 aromatic rings. The fourth-order valence-electron chi connectivity index (χ4n) is 2.47. The summed E-state index contributed by atoms with van der Waals surface area (Å²) in [7, 11) is -3.32. The third-order valence-electron chi connectivity index (χ3n) is 3.83. The van der Waals surface area contributed by atoms with Gasteiger partial charge in [0.2, 0.25) is 0 Å². The van der Waals surface area contributed by atoms with E-state index in [4.69, 9.17) is 8.92 Å². The zero-order chi connectivity index (χ0) is 20.3. The van der Waals surface area contributed by atoms with E-state index in [-0.39, 0.29) is 17.1 Å². The molecule has 28 heavy (non-hydrogen) atoms. The van der Waals surface area contributed by atoms with Crippen molar-refractivity contribution in [3.63, 3.8) is 0 Å². The van der Waals surface area contributed by atoms with Gasteiger partial charge in [0.15, 0.2) is 11.5 Å². The van der Waals surface area contributed by atoms with Gasteiger partial charge in [-0.15, -0.1) is 0 Å². The van der Waals surface area contributed by atoms with Crippen LogP contribution in [0, 0.1) is 11.6 Å². The fraction of sp³-hybridized carbons (Fsp3) is 0.0500. The first-order chi connectivity index (χ1) is 13.3. The Morgan fingerprint density at radius 1 is 0.929 bits per heavy atom. The van der Waals surface area contributed by atoms with Crippen LogP contribution >= 0.6 is 0 Å². The molecule has 0 heterocycles. The average molecular weight is 404 g/mol. The van der Waals surface area contributed by atoms with E-state index in [1.165, 1.54) is 25.3 Å². The Kier molecular flexibility index (Phi) is 5.41. The van der Waals surface area contributed by atoms with Crippen molar-refractivity contribution in [3.05, 3.63) is 89.5 Å². The molecule has 0 saturated heterocycles. The predicted octanol–water partition coefficient (Wildman–Crippen LogP) is 3.97. The monoisotopic (exact) mass is 404 g/mol. The largest absolute Gasteiger partial charge is 0.497 e. The number of carbonyl (C=O) groups is 1. The Labute approximate surface area is 160 Å². The summed E-state index contributed by atoms with van der Waals surface area (Å²) in [6.07, 6.45) is 0. The summed E-state index contributed by atoms with van der Waals surface area (Å²) in [6.45, 7) is 0. The lowest BCUT2D eigenvalue weighted by Crippen LogP contribution is -2.14. The van der Waals surface area contributed by atoms with E-state index >= 15 is 0 Å². The van der Waals surface area contributed by atoms with Crippen molar-refractivity contribution < 1.29 is 30.9 Å². The summed E-state index contributed by atoms with van der Waals surface area (Å²) >= 11 is 0. The fourth-order valence-corrected chi connectivity index (χ4v) is 3.47. The van der Waals surface area contributed by atoms with Crippen molar-refractivity contribution in [2.24, 2.45) is 0 Å². The summed E-state index contributed by atoms with van der Waals surface area (Å²) in [5.74, 6) is -2.84. The van der Waals surface area contributed by atoms with Gasteiger partial charge < -0.3 is 8.92 Å². The summed E-state index contributed by atoms with van der Waals surface area (Å²) in [6, 6.07) is 14.1. The van der Waals surface area contributed by atoms with Crippen LogP contribution in [0.5, 0.6) is 11.5 Å². The molecule has 3 aromatic carbocycles. The number of ether oxygens (including phenoxy) is 1. The molecule has 0 aliphatic heterocycles. The topological polar surface area (TPSA) is 69.7 Å². The summed E-state index contributed by atoms with van der Waals surface area (Å²) in [4.78, 5) is 11.9. The number of rotatable bonds is 6. The first-order valence-corrected chi connectivity index (χ1v) is 9.40. The van der Waals surface area contributed by atoms with Crippen LogP contribution in [0.2, 0.25) is 0 Å². The molecule has 0 unspecified atom stereocenters. The van der Waals surface area contributed by atoms with Crippen LogP contribution in [0.15, 0.2) is 71.6 Å². The standard InChI is InChI=1S/C20H14F2O5S/c1-26-15-8-9-16(20(23)13-5-3-2-4-6-13)18(12-15)27-28(24,25)19-10-7-14(21)11-17(19)22/h2-12H,1H3. The van der Waals surface area contributed by atoms with Gasteiger partial charge in [-0.3, -0.25) is 4.79 Å². The molecule has 8 heteroatoms. The molecule has 0 spiro atoms. The van der Waals surface area contributed by atoms with Crippen molar-refractivity contribution in [1.29, 1.82) is 0 Å².